The molecule has 1 heterocycles. The molecule has 0 unspecified atom stereocenters. The lowest BCUT2D eigenvalue weighted by Gasteiger charge is -2.03. The van der Waals surface area contributed by atoms with E-state index in [9.17, 15) is 4.39 Å². The Morgan fingerprint density at radius 2 is 1.69 bits per heavy atom. The maximum atomic E-state index is 13.0. The summed E-state index contributed by atoms with van der Waals surface area (Å²) in [6, 6.07) is 5.61. The second kappa shape index (κ2) is 3.94. The quantitative estimate of drug-likeness (QED) is 0.798. The Hall–Kier alpha value is -1.88. The summed E-state index contributed by atoms with van der Waals surface area (Å²) in [6.07, 6.45) is 0. The van der Waals surface area contributed by atoms with E-state index < -0.39 is 5.82 Å². The second-order valence-corrected chi connectivity index (χ2v) is 3.58. The van der Waals surface area contributed by atoms with Gasteiger partial charge >= 0.3 is 0 Å². The zero-order chi connectivity index (χ0) is 11.7. The average Bonchev–Trinajstić information content (AvgIpc) is 2.20. The number of nitrogens with zero attached hydrogens (tertiary/aromatic N) is 2. The van der Waals surface area contributed by atoms with Crippen molar-refractivity contribution < 1.29 is 4.39 Å². The Kier molecular flexibility index (Phi) is 2.62. The normalized spacial score (nSPS) is 10.4. The lowest BCUT2D eigenvalue weighted by atomic mass is 10.2. The fraction of sp³-hybridized carbons (Fsp3) is 0. The molecule has 0 aliphatic carbocycles. The minimum Gasteiger partial charge on any atom is -0.384 e. The summed E-state index contributed by atoms with van der Waals surface area (Å²) in [5, 5.41) is 0.00194. The first-order valence-electron chi connectivity index (χ1n) is 4.42. The first-order chi connectivity index (χ1) is 7.56. The Morgan fingerprint density at radius 3 is 2.25 bits per heavy atom. The van der Waals surface area contributed by atoms with Crippen molar-refractivity contribution in [2.45, 2.75) is 0 Å². The number of anilines is 2. The summed E-state index contributed by atoms with van der Waals surface area (Å²) >= 11 is 5.65. The van der Waals surface area contributed by atoms with E-state index in [1.54, 1.807) is 0 Å². The van der Waals surface area contributed by atoms with E-state index in [4.69, 9.17) is 23.1 Å². The van der Waals surface area contributed by atoms with Crippen LogP contribution in [0.15, 0.2) is 24.3 Å². The number of hydrogen-bond donors (Lipinski definition) is 2. The smallest absolute Gasteiger partial charge is 0.163 e. The highest BCUT2D eigenvalue weighted by Gasteiger charge is 2.07. The SMILES string of the molecule is Nc1cc(N)nc(-c2ccc(F)c(Cl)c2)n1. The maximum Gasteiger partial charge on any atom is 0.163 e. The molecule has 16 heavy (non-hydrogen) atoms. The van der Waals surface area contributed by atoms with Gasteiger partial charge in [0.25, 0.3) is 0 Å². The Balaban J connectivity index is 2.54. The van der Waals surface area contributed by atoms with Crippen LogP contribution in [-0.4, -0.2) is 9.97 Å². The minimum atomic E-state index is -0.498. The second-order valence-electron chi connectivity index (χ2n) is 3.17. The van der Waals surface area contributed by atoms with Crippen molar-refractivity contribution in [2.24, 2.45) is 0 Å². The van der Waals surface area contributed by atoms with Crippen LogP contribution in [0.25, 0.3) is 11.4 Å². The highest BCUT2D eigenvalue weighted by molar-refractivity contribution is 6.31. The summed E-state index contributed by atoms with van der Waals surface area (Å²) in [4.78, 5) is 7.96. The van der Waals surface area contributed by atoms with Crippen LogP contribution in [0.5, 0.6) is 0 Å². The van der Waals surface area contributed by atoms with Gasteiger partial charge in [-0.3, -0.25) is 0 Å². The van der Waals surface area contributed by atoms with Gasteiger partial charge in [-0.1, -0.05) is 11.6 Å². The van der Waals surface area contributed by atoms with E-state index in [1.165, 1.54) is 24.3 Å². The monoisotopic (exact) mass is 238 g/mol. The molecule has 4 nitrogen and oxygen atoms in total. The van der Waals surface area contributed by atoms with Crippen LogP contribution < -0.4 is 11.5 Å². The van der Waals surface area contributed by atoms with E-state index in [0.717, 1.165) is 0 Å². The van der Waals surface area contributed by atoms with Gasteiger partial charge < -0.3 is 11.5 Å². The summed E-state index contributed by atoms with van der Waals surface area (Å²) in [6.45, 7) is 0. The molecule has 6 heteroatoms. The molecular formula is C10H8ClFN4. The first kappa shape index (κ1) is 10.6. The summed E-state index contributed by atoms with van der Waals surface area (Å²) in [7, 11) is 0. The maximum absolute atomic E-state index is 13.0. The molecule has 4 N–H and O–H groups in total. The minimum absolute atomic E-state index is 0.00194. The number of benzene rings is 1. The highest BCUT2D eigenvalue weighted by Crippen LogP contribution is 2.23. The number of halogens is 2. The largest absolute Gasteiger partial charge is 0.384 e. The molecule has 0 aliphatic rings. The molecule has 2 aromatic rings. The van der Waals surface area contributed by atoms with Crippen LogP contribution in [-0.2, 0) is 0 Å². The van der Waals surface area contributed by atoms with Crippen molar-refractivity contribution in [3.05, 3.63) is 35.1 Å². The van der Waals surface area contributed by atoms with E-state index in [-0.39, 0.29) is 16.7 Å². The van der Waals surface area contributed by atoms with Crippen molar-refractivity contribution in [1.29, 1.82) is 0 Å². The standard InChI is InChI=1S/C10H8ClFN4/c11-6-3-5(1-2-7(6)12)10-15-8(13)4-9(14)16-10/h1-4H,(H4,13,14,15,16). The highest BCUT2D eigenvalue weighted by atomic mass is 35.5. The molecule has 0 spiro atoms. The van der Waals surface area contributed by atoms with Crippen LogP contribution in [0.1, 0.15) is 0 Å². The fourth-order valence-corrected chi connectivity index (χ4v) is 1.43. The zero-order valence-corrected chi connectivity index (χ0v) is 8.87. The molecule has 1 aromatic carbocycles. The third-order valence-electron chi connectivity index (χ3n) is 1.94. The van der Waals surface area contributed by atoms with Crippen molar-refractivity contribution in [1.82, 2.24) is 9.97 Å². The van der Waals surface area contributed by atoms with E-state index >= 15 is 0 Å². The summed E-state index contributed by atoms with van der Waals surface area (Å²) < 4.78 is 13.0. The Morgan fingerprint density at radius 1 is 1.06 bits per heavy atom. The van der Waals surface area contributed by atoms with Crippen LogP contribution in [0.3, 0.4) is 0 Å². The van der Waals surface area contributed by atoms with Gasteiger partial charge in [0, 0.05) is 11.6 Å². The fourth-order valence-electron chi connectivity index (χ4n) is 1.25. The topological polar surface area (TPSA) is 77.8 Å². The van der Waals surface area contributed by atoms with Gasteiger partial charge in [-0.2, -0.15) is 0 Å². The van der Waals surface area contributed by atoms with Gasteiger partial charge in [0.15, 0.2) is 5.82 Å². The van der Waals surface area contributed by atoms with Crippen LogP contribution >= 0.6 is 11.6 Å². The van der Waals surface area contributed by atoms with Crippen LogP contribution in [0.4, 0.5) is 16.0 Å². The molecule has 0 bridgehead atoms. The summed E-state index contributed by atoms with van der Waals surface area (Å²) in [5.41, 5.74) is 11.6. The molecule has 0 atom stereocenters. The Labute approximate surface area is 96.1 Å². The van der Waals surface area contributed by atoms with E-state index in [1.807, 2.05) is 0 Å². The van der Waals surface area contributed by atoms with E-state index in [2.05, 4.69) is 9.97 Å². The molecule has 0 radical (unpaired) electrons. The van der Waals surface area contributed by atoms with Crippen molar-refractivity contribution in [2.75, 3.05) is 11.5 Å². The lowest BCUT2D eigenvalue weighted by molar-refractivity contribution is 0.628. The third kappa shape index (κ3) is 2.04. The van der Waals surface area contributed by atoms with E-state index in [0.29, 0.717) is 11.4 Å². The third-order valence-corrected chi connectivity index (χ3v) is 2.23. The number of nitrogen functional groups attached to an aromatic ring is 2. The van der Waals surface area contributed by atoms with Gasteiger partial charge in [-0.05, 0) is 18.2 Å². The van der Waals surface area contributed by atoms with Gasteiger partial charge in [-0.15, -0.1) is 0 Å². The zero-order valence-electron chi connectivity index (χ0n) is 8.11. The number of hydrogen-bond acceptors (Lipinski definition) is 4. The molecule has 0 saturated heterocycles. The Bertz CT molecular complexity index is 524. The predicted octanol–water partition coefficient (Wildman–Crippen LogP) is 2.10. The number of nitrogens with two attached hydrogens (primary N) is 2. The molecule has 2 rings (SSSR count). The molecule has 0 saturated carbocycles. The van der Waals surface area contributed by atoms with Gasteiger partial charge in [0.1, 0.15) is 17.5 Å². The molecule has 82 valence electrons. The number of aromatic nitrogens is 2. The van der Waals surface area contributed by atoms with Crippen LogP contribution in [0.2, 0.25) is 5.02 Å². The summed E-state index contributed by atoms with van der Waals surface area (Å²) in [5.74, 6) is 0.326. The molecular weight excluding hydrogens is 231 g/mol. The molecule has 0 fully saturated rings. The molecule has 0 aliphatic heterocycles. The van der Waals surface area contributed by atoms with Gasteiger partial charge in [0.05, 0.1) is 5.02 Å². The lowest BCUT2D eigenvalue weighted by Crippen LogP contribution is -2.00. The predicted molar refractivity (Wildman–Crippen MR) is 61.3 cm³/mol. The van der Waals surface area contributed by atoms with Crippen molar-refractivity contribution in [3.63, 3.8) is 0 Å². The number of rotatable bonds is 1. The first-order valence-corrected chi connectivity index (χ1v) is 4.79. The molecule has 0 amide bonds. The van der Waals surface area contributed by atoms with Gasteiger partial charge in [-0.25, -0.2) is 14.4 Å². The van der Waals surface area contributed by atoms with Crippen molar-refractivity contribution >= 4 is 23.2 Å². The van der Waals surface area contributed by atoms with Crippen LogP contribution in [0, 0.1) is 5.82 Å². The average molecular weight is 239 g/mol. The van der Waals surface area contributed by atoms with Crippen molar-refractivity contribution in [3.8, 4) is 11.4 Å². The van der Waals surface area contributed by atoms with Gasteiger partial charge in [0.2, 0.25) is 0 Å². The molecule has 1 aromatic heterocycles.